The van der Waals surface area contributed by atoms with Gasteiger partial charge in [-0.25, -0.2) is 4.79 Å². The molecule has 1 N–H and O–H groups in total. The second-order valence-electron chi connectivity index (χ2n) is 3.39. The highest BCUT2D eigenvalue weighted by Crippen LogP contribution is 2.30. The average molecular weight is 253 g/mol. The average Bonchev–Trinajstić information content (AvgIpc) is 2.63. The number of rotatable bonds is 2. The molecular weight excluding hydrogens is 244 g/mol. The maximum absolute atomic E-state index is 10.8. The van der Waals surface area contributed by atoms with E-state index in [4.69, 9.17) is 16.7 Å². The Labute approximate surface area is 102 Å². The van der Waals surface area contributed by atoms with Gasteiger partial charge in [-0.2, -0.15) is 0 Å². The highest BCUT2D eigenvalue weighted by atomic mass is 35.5. The molecule has 0 unspecified atom stereocenters. The highest BCUT2D eigenvalue weighted by Gasteiger charge is 2.10. The molecule has 0 spiro atoms. The number of carbonyl (C=O) groups is 1. The summed E-state index contributed by atoms with van der Waals surface area (Å²) in [4.78, 5) is 12.0. The monoisotopic (exact) mass is 252 g/mol. The van der Waals surface area contributed by atoms with Gasteiger partial charge >= 0.3 is 5.97 Å². The molecule has 2 aromatic rings. The van der Waals surface area contributed by atoms with Crippen LogP contribution in [0.15, 0.2) is 29.6 Å². The fourth-order valence-electron chi connectivity index (χ4n) is 1.54. The van der Waals surface area contributed by atoms with Crippen LogP contribution in [-0.4, -0.2) is 11.1 Å². The molecule has 0 aliphatic carbocycles. The number of thiophene rings is 1. The lowest BCUT2D eigenvalue weighted by atomic mass is 10.1. The van der Waals surface area contributed by atoms with Crippen molar-refractivity contribution in [2.45, 2.75) is 6.92 Å². The summed E-state index contributed by atoms with van der Waals surface area (Å²) in [6.45, 7) is 2.03. The van der Waals surface area contributed by atoms with E-state index < -0.39 is 5.97 Å². The molecule has 0 saturated heterocycles. The van der Waals surface area contributed by atoms with E-state index in [1.165, 1.54) is 10.9 Å². The molecule has 4 heteroatoms. The number of aromatic carboxylic acids is 1. The van der Waals surface area contributed by atoms with Crippen molar-refractivity contribution in [1.82, 2.24) is 0 Å². The van der Waals surface area contributed by atoms with Gasteiger partial charge in [-0.3, -0.25) is 0 Å². The minimum Gasteiger partial charge on any atom is -0.478 e. The highest BCUT2D eigenvalue weighted by molar-refractivity contribution is 7.10. The molecule has 0 bridgehead atoms. The number of hydrogen-bond acceptors (Lipinski definition) is 2. The summed E-state index contributed by atoms with van der Waals surface area (Å²) in [7, 11) is 0. The third-order valence-electron chi connectivity index (χ3n) is 2.37. The van der Waals surface area contributed by atoms with Crippen molar-refractivity contribution in [1.29, 1.82) is 0 Å². The van der Waals surface area contributed by atoms with Crippen LogP contribution >= 0.6 is 22.9 Å². The first-order valence-electron chi connectivity index (χ1n) is 4.67. The first-order valence-corrected chi connectivity index (χ1v) is 5.92. The van der Waals surface area contributed by atoms with Crippen molar-refractivity contribution in [3.8, 4) is 11.1 Å². The maximum atomic E-state index is 10.8. The van der Waals surface area contributed by atoms with E-state index in [-0.39, 0.29) is 10.6 Å². The lowest BCUT2D eigenvalue weighted by Gasteiger charge is -2.03. The molecule has 0 saturated carbocycles. The lowest BCUT2D eigenvalue weighted by Crippen LogP contribution is -1.97. The van der Waals surface area contributed by atoms with E-state index in [1.54, 1.807) is 23.5 Å². The summed E-state index contributed by atoms with van der Waals surface area (Å²) >= 11 is 7.57. The number of hydrogen-bond donors (Lipinski definition) is 1. The Bertz CT molecular complexity index is 546. The van der Waals surface area contributed by atoms with Gasteiger partial charge in [-0.15, -0.1) is 11.3 Å². The number of carboxylic acid groups (broad SMARTS) is 1. The van der Waals surface area contributed by atoms with Crippen molar-refractivity contribution < 1.29 is 9.90 Å². The first-order chi connectivity index (χ1) is 7.59. The van der Waals surface area contributed by atoms with Crippen LogP contribution in [0.25, 0.3) is 11.1 Å². The van der Waals surface area contributed by atoms with E-state index >= 15 is 0 Å². The Hall–Kier alpha value is -1.32. The molecular formula is C12H9ClO2S. The summed E-state index contributed by atoms with van der Waals surface area (Å²) in [5.41, 5.74) is 2.19. The number of carboxylic acids is 1. The van der Waals surface area contributed by atoms with Crippen LogP contribution in [0.5, 0.6) is 0 Å². The third kappa shape index (κ3) is 1.96. The van der Waals surface area contributed by atoms with Gasteiger partial charge in [0.2, 0.25) is 0 Å². The zero-order chi connectivity index (χ0) is 11.7. The fourth-order valence-corrected chi connectivity index (χ4v) is 2.52. The smallest absolute Gasteiger partial charge is 0.337 e. The largest absolute Gasteiger partial charge is 0.478 e. The predicted octanol–water partition coefficient (Wildman–Crippen LogP) is 4.08. The van der Waals surface area contributed by atoms with Gasteiger partial charge in [0, 0.05) is 4.88 Å². The number of aryl methyl sites for hydroxylation is 1. The predicted molar refractivity (Wildman–Crippen MR) is 66.5 cm³/mol. The normalized spacial score (nSPS) is 10.4. The summed E-state index contributed by atoms with van der Waals surface area (Å²) in [5.74, 6) is -1.00. The number of benzene rings is 1. The van der Waals surface area contributed by atoms with Gasteiger partial charge in [0.15, 0.2) is 0 Å². The summed E-state index contributed by atoms with van der Waals surface area (Å²) in [5, 5.41) is 11.1. The fraction of sp³-hybridized carbons (Fsp3) is 0.0833. The van der Waals surface area contributed by atoms with Crippen LogP contribution in [0.1, 0.15) is 15.2 Å². The molecule has 0 atom stereocenters. The van der Waals surface area contributed by atoms with Crippen molar-refractivity contribution in [3.05, 3.63) is 45.1 Å². The van der Waals surface area contributed by atoms with Gasteiger partial charge in [-0.1, -0.05) is 17.7 Å². The van der Waals surface area contributed by atoms with Gasteiger partial charge in [0.1, 0.15) is 0 Å². The second-order valence-corrected chi connectivity index (χ2v) is 4.92. The van der Waals surface area contributed by atoms with E-state index in [0.29, 0.717) is 0 Å². The van der Waals surface area contributed by atoms with E-state index in [1.807, 2.05) is 18.4 Å². The molecule has 2 nitrogen and oxygen atoms in total. The van der Waals surface area contributed by atoms with E-state index in [9.17, 15) is 4.79 Å². The lowest BCUT2D eigenvalue weighted by molar-refractivity contribution is 0.0697. The molecule has 0 fully saturated rings. The second kappa shape index (κ2) is 4.28. The molecule has 16 heavy (non-hydrogen) atoms. The van der Waals surface area contributed by atoms with Crippen molar-refractivity contribution in [2.24, 2.45) is 0 Å². The molecule has 2 rings (SSSR count). The van der Waals surface area contributed by atoms with Gasteiger partial charge in [-0.05, 0) is 41.6 Å². The van der Waals surface area contributed by atoms with Gasteiger partial charge < -0.3 is 5.11 Å². The third-order valence-corrected chi connectivity index (χ3v) is 3.53. The van der Waals surface area contributed by atoms with E-state index in [2.05, 4.69) is 0 Å². The zero-order valence-electron chi connectivity index (χ0n) is 8.53. The SMILES string of the molecule is Cc1sccc1-c1ccc(C(=O)O)c(Cl)c1. The molecule has 82 valence electrons. The minimum absolute atomic E-state index is 0.137. The molecule has 0 radical (unpaired) electrons. The zero-order valence-corrected chi connectivity index (χ0v) is 10.1. The summed E-state index contributed by atoms with van der Waals surface area (Å²) < 4.78 is 0. The van der Waals surface area contributed by atoms with Crippen molar-refractivity contribution >= 4 is 28.9 Å². The summed E-state index contributed by atoms with van der Waals surface area (Å²) in [6.07, 6.45) is 0. The van der Waals surface area contributed by atoms with Crippen LogP contribution in [0.4, 0.5) is 0 Å². The molecule has 1 heterocycles. The maximum Gasteiger partial charge on any atom is 0.337 e. The molecule has 0 amide bonds. The first kappa shape index (κ1) is 11.2. The molecule has 0 aliphatic rings. The summed E-state index contributed by atoms with van der Waals surface area (Å²) in [6, 6.07) is 7.02. The van der Waals surface area contributed by atoms with Crippen molar-refractivity contribution in [3.63, 3.8) is 0 Å². The Balaban J connectivity index is 2.50. The quantitative estimate of drug-likeness (QED) is 0.875. The van der Waals surface area contributed by atoms with Gasteiger partial charge in [0.05, 0.1) is 10.6 Å². The minimum atomic E-state index is -1.00. The van der Waals surface area contributed by atoms with Gasteiger partial charge in [0.25, 0.3) is 0 Å². The Morgan fingerprint density at radius 2 is 2.12 bits per heavy atom. The topological polar surface area (TPSA) is 37.3 Å². The van der Waals surface area contributed by atoms with Crippen molar-refractivity contribution in [2.75, 3.05) is 0 Å². The van der Waals surface area contributed by atoms with Crippen LogP contribution in [-0.2, 0) is 0 Å². The molecule has 1 aromatic carbocycles. The Morgan fingerprint density at radius 3 is 2.62 bits per heavy atom. The number of halogens is 1. The van der Waals surface area contributed by atoms with E-state index in [0.717, 1.165) is 11.1 Å². The Morgan fingerprint density at radius 1 is 1.38 bits per heavy atom. The van der Waals surface area contributed by atoms with Crippen LogP contribution in [0, 0.1) is 6.92 Å². The Kier molecular flexibility index (Phi) is 2.99. The standard InChI is InChI=1S/C12H9ClO2S/c1-7-9(4-5-16-7)8-2-3-10(12(14)15)11(13)6-8/h2-6H,1H3,(H,14,15). The molecule has 0 aliphatic heterocycles. The van der Waals surface area contributed by atoms with Crippen LogP contribution in [0.2, 0.25) is 5.02 Å². The van der Waals surface area contributed by atoms with Crippen LogP contribution in [0.3, 0.4) is 0 Å². The molecule has 1 aromatic heterocycles. The van der Waals surface area contributed by atoms with Crippen LogP contribution < -0.4 is 0 Å².